The number of carbonyl (C=O) groups excluding carboxylic acids is 3. The van der Waals surface area contributed by atoms with Crippen molar-refractivity contribution in [2.45, 2.75) is 0 Å². The highest BCUT2D eigenvalue weighted by Crippen LogP contribution is 2.19. The highest BCUT2D eigenvalue weighted by atomic mass is 35.5. The van der Waals surface area contributed by atoms with Crippen LogP contribution in [0.5, 0.6) is 0 Å². The van der Waals surface area contributed by atoms with Crippen LogP contribution in [0, 0.1) is 0 Å². The Morgan fingerprint density at radius 1 is 0.900 bits per heavy atom. The van der Waals surface area contributed by atoms with Crippen LogP contribution in [0.1, 0.15) is 0 Å². The Balaban J connectivity index is 1.30. The van der Waals surface area contributed by atoms with Gasteiger partial charge in [-0.25, -0.2) is 0 Å². The van der Waals surface area contributed by atoms with Crippen LogP contribution in [0.4, 0.5) is 5.69 Å². The lowest BCUT2D eigenvalue weighted by Crippen LogP contribution is -2.51. The molecule has 8 nitrogen and oxygen atoms in total. The number of benzene rings is 1. The van der Waals surface area contributed by atoms with Crippen molar-refractivity contribution in [3.63, 3.8) is 0 Å². The molecule has 0 saturated carbocycles. The Kier molecular flexibility index (Phi) is 8.65. The number of morpholine rings is 1. The van der Waals surface area contributed by atoms with Gasteiger partial charge in [0.05, 0.1) is 31.3 Å². The van der Waals surface area contributed by atoms with E-state index in [9.17, 15) is 14.4 Å². The molecule has 2 fully saturated rings. The van der Waals surface area contributed by atoms with Crippen molar-refractivity contribution in [2.24, 2.45) is 0 Å². The van der Waals surface area contributed by atoms with Crippen molar-refractivity contribution in [3.8, 4) is 0 Å². The van der Waals surface area contributed by atoms with Gasteiger partial charge in [0.1, 0.15) is 0 Å². The standard InChI is InChI=1S/C20H27ClN4O4S/c21-16-1-3-17(4-2-16)23-5-7-24(8-6-23)19(27)13-22-18(26)14-30-15-20(28)25-9-11-29-12-10-25/h1-4H,5-15H2,(H,22,26). The summed E-state index contributed by atoms with van der Waals surface area (Å²) < 4.78 is 5.22. The van der Waals surface area contributed by atoms with E-state index in [4.69, 9.17) is 16.3 Å². The number of thioether (sulfide) groups is 1. The Labute approximate surface area is 185 Å². The molecule has 0 unspecified atom stereocenters. The molecule has 0 aliphatic carbocycles. The number of hydrogen-bond acceptors (Lipinski definition) is 6. The molecule has 0 radical (unpaired) electrons. The van der Waals surface area contributed by atoms with E-state index in [0.29, 0.717) is 44.4 Å². The minimum atomic E-state index is -0.233. The minimum Gasteiger partial charge on any atom is -0.378 e. The first-order chi connectivity index (χ1) is 14.5. The van der Waals surface area contributed by atoms with Gasteiger partial charge in [-0.1, -0.05) is 11.6 Å². The average Bonchev–Trinajstić information content (AvgIpc) is 2.78. The van der Waals surface area contributed by atoms with Crippen LogP contribution in [0.3, 0.4) is 0 Å². The number of hydrogen-bond donors (Lipinski definition) is 1. The first-order valence-electron chi connectivity index (χ1n) is 10.0. The molecular weight excluding hydrogens is 428 g/mol. The van der Waals surface area contributed by atoms with E-state index in [1.807, 2.05) is 24.3 Å². The summed E-state index contributed by atoms with van der Waals surface area (Å²) in [4.78, 5) is 42.1. The van der Waals surface area contributed by atoms with Crippen molar-refractivity contribution in [3.05, 3.63) is 29.3 Å². The second-order valence-electron chi connectivity index (χ2n) is 7.11. The third-order valence-corrected chi connectivity index (χ3v) is 6.25. The molecule has 1 N–H and O–H groups in total. The maximum absolute atomic E-state index is 12.4. The quantitative estimate of drug-likeness (QED) is 0.653. The Bertz CT molecular complexity index is 735. The molecule has 1 aromatic carbocycles. The predicted octanol–water partition coefficient (Wildman–Crippen LogP) is 0.697. The lowest BCUT2D eigenvalue weighted by molar-refractivity contribution is -0.133. The third kappa shape index (κ3) is 6.78. The van der Waals surface area contributed by atoms with Crippen LogP contribution < -0.4 is 10.2 Å². The summed E-state index contributed by atoms with van der Waals surface area (Å²) in [5.74, 6) is 0.115. The maximum Gasteiger partial charge on any atom is 0.242 e. The Morgan fingerprint density at radius 3 is 2.20 bits per heavy atom. The topological polar surface area (TPSA) is 82.2 Å². The zero-order valence-electron chi connectivity index (χ0n) is 16.8. The molecule has 10 heteroatoms. The smallest absolute Gasteiger partial charge is 0.242 e. The van der Waals surface area contributed by atoms with E-state index in [1.54, 1.807) is 9.80 Å². The van der Waals surface area contributed by atoms with Gasteiger partial charge < -0.3 is 24.8 Å². The summed E-state index contributed by atoms with van der Waals surface area (Å²) in [5, 5.41) is 3.36. The molecule has 0 aromatic heterocycles. The van der Waals surface area contributed by atoms with Crippen LogP contribution in [0.2, 0.25) is 5.02 Å². The molecule has 2 heterocycles. The Morgan fingerprint density at radius 2 is 1.53 bits per heavy atom. The van der Waals surface area contributed by atoms with Gasteiger partial charge in [0.25, 0.3) is 0 Å². The highest BCUT2D eigenvalue weighted by Gasteiger charge is 2.22. The fraction of sp³-hybridized carbons (Fsp3) is 0.550. The van der Waals surface area contributed by atoms with E-state index in [-0.39, 0.29) is 35.8 Å². The lowest BCUT2D eigenvalue weighted by atomic mass is 10.2. The van der Waals surface area contributed by atoms with Gasteiger partial charge in [-0.3, -0.25) is 14.4 Å². The highest BCUT2D eigenvalue weighted by molar-refractivity contribution is 8.00. The van der Waals surface area contributed by atoms with Crippen LogP contribution in [-0.2, 0) is 19.1 Å². The first kappa shape index (κ1) is 22.7. The number of piperazine rings is 1. The second-order valence-corrected chi connectivity index (χ2v) is 8.53. The lowest BCUT2D eigenvalue weighted by Gasteiger charge is -2.36. The van der Waals surface area contributed by atoms with E-state index >= 15 is 0 Å². The maximum atomic E-state index is 12.4. The number of anilines is 1. The zero-order chi connectivity index (χ0) is 21.3. The number of amides is 3. The van der Waals surface area contributed by atoms with Gasteiger partial charge >= 0.3 is 0 Å². The number of halogens is 1. The number of nitrogens with zero attached hydrogens (tertiary/aromatic N) is 3. The summed E-state index contributed by atoms with van der Waals surface area (Å²) >= 11 is 7.19. The van der Waals surface area contributed by atoms with Gasteiger partial charge in [0.15, 0.2) is 0 Å². The van der Waals surface area contributed by atoms with E-state index in [1.165, 1.54) is 11.8 Å². The van der Waals surface area contributed by atoms with Crippen LogP contribution in [0.15, 0.2) is 24.3 Å². The van der Waals surface area contributed by atoms with Gasteiger partial charge in [-0.15, -0.1) is 11.8 Å². The molecule has 2 aliphatic heterocycles. The van der Waals surface area contributed by atoms with Crippen LogP contribution in [0.25, 0.3) is 0 Å². The number of ether oxygens (including phenoxy) is 1. The van der Waals surface area contributed by atoms with Crippen molar-refractivity contribution in [1.82, 2.24) is 15.1 Å². The minimum absolute atomic E-state index is 0.0161. The van der Waals surface area contributed by atoms with Crippen molar-refractivity contribution in [2.75, 3.05) is 75.4 Å². The largest absolute Gasteiger partial charge is 0.378 e. The zero-order valence-corrected chi connectivity index (χ0v) is 18.4. The van der Waals surface area contributed by atoms with Gasteiger partial charge in [0.2, 0.25) is 17.7 Å². The van der Waals surface area contributed by atoms with E-state index in [2.05, 4.69) is 10.2 Å². The molecule has 0 atom stereocenters. The van der Waals surface area contributed by atoms with Crippen molar-refractivity contribution >= 4 is 46.8 Å². The average molecular weight is 455 g/mol. The van der Waals surface area contributed by atoms with Gasteiger partial charge in [0, 0.05) is 50.0 Å². The normalized spacial score (nSPS) is 17.0. The third-order valence-electron chi connectivity index (χ3n) is 5.08. The van der Waals surface area contributed by atoms with E-state index in [0.717, 1.165) is 18.8 Å². The predicted molar refractivity (Wildman–Crippen MR) is 118 cm³/mol. The molecule has 30 heavy (non-hydrogen) atoms. The molecule has 2 aliphatic rings. The fourth-order valence-electron chi connectivity index (χ4n) is 3.34. The summed E-state index contributed by atoms with van der Waals surface area (Å²) in [6.07, 6.45) is 0. The molecule has 3 rings (SSSR count). The molecule has 2 saturated heterocycles. The molecule has 0 bridgehead atoms. The summed E-state index contributed by atoms with van der Waals surface area (Å²) in [6.45, 7) is 5.01. The van der Waals surface area contributed by atoms with E-state index < -0.39 is 0 Å². The summed E-state index contributed by atoms with van der Waals surface area (Å²) in [6, 6.07) is 7.66. The van der Waals surface area contributed by atoms with Crippen LogP contribution in [-0.4, -0.2) is 98.1 Å². The van der Waals surface area contributed by atoms with Gasteiger partial charge in [-0.2, -0.15) is 0 Å². The van der Waals surface area contributed by atoms with Crippen molar-refractivity contribution in [1.29, 1.82) is 0 Å². The molecule has 164 valence electrons. The number of nitrogens with one attached hydrogen (secondary N) is 1. The number of rotatable bonds is 7. The van der Waals surface area contributed by atoms with Crippen LogP contribution >= 0.6 is 23.4 Å². The molecule has 0 spiro atoms. The fourth-order valence-corrected chi connectivity index (χ4v) is 4.21. The summed E-state index contributed by atoms with van der Waals surface area (Å²) in [7, 11) is 0. The summed E-state index contributed by atoms with van der Waals surface area (Å²) in [5.41, 5.74) is 1.09. The molecule has 1 aromatic rings. The van der Waals surface area contributed by atoms with Crippen molar-refractivity contribution < 1.29 is 19.1 Å². The second kappa shape index (κ2) is 11.4. The monoisotopic (exact) mass is 454 g/mol. The first-order valence-corrected chi connectivity index (χ1v) is 11.5. The Hall–Kier alpha value is -1.97. The molecule has 3 amide bonds. The number of carbonyl (C=O) groups is 3. The van der Waals surface area contributed by atoms with Gasteiger partial charge in [-0.05, 0) is 24.3 Å². The molecular formula is C20H27ClN4O4S. The SMILES string of the molecule is O=C(CSCC(=O)N1CCOCC1)NCC(=O)N1CCN(c2ccc(Cl)cc2)CC1.